The quantitative estimate of drug-likeness (QED) is 0.0716. The van der Waals surface area contributed by atoms with Crippen molar-refractivity contribution in [3.8, 4) is 0 Å². The number of fused-ring (bicyclic) bond motifs is 6. The predicted molar refractivity (Wildman–Crippen MR) is 365 cm³/mol. The second-order valence-corrected chi connectivity index (χ2v) is 23.9. The van der Waals surface area contributed by atoms with Gasteiger partial charge in [-0.3, -0.25) is 14.4 Å². The number of anilines is 3. The number of hydrogen-bond acceptors (Lipinski definition) is 16. The molecule has 3 aliphatic heterocycles. The molecule has 480 valence electrons. The molecule has 21 heteroatoms. The number of aryl methyl sites for hydroxylation is 3. The van der Waals surface area contributed by atoms with Gasteiger partial charge in [0.2, 0.25) is 17.7 Å². The van der Waals surface area contributed by atoms with Crippen molar-refractivity contribution in [1.82, 2.24) is 45.2 Å². The minimum Gasteiger partial charge on any atom is -0.459 e. The molecule has 0 fully saturated rings. The van der Waals surface area contributed by atoms with E-state index in [1.165, 1.54) is 6.08 Å². The van der Waals surface area contributed by atoms with Crippen molar-refractivity contribution in [2.24, 2.45) is 0 Å². The van der Waals surface area contributed by atoms with Crippen molar-refractivity contribution in [2.75, 3.05) is 76.4 Å². The Morgan fingerprint density at radius 2 is 0.870 bits per heavy atom. The van der Waals surface area contributed by atoms with E-state index in [1.807, 2.05) is 133 Å². The maximum absolute atomic E-state index is 12.8. The molecular formula is C71H81ClN12O8. The van der Waals surface area contributed by atoms with Gasteiger partial charge in [-0.1, -0.05) is 54.6 Å². The first-order valence-electron chi connectivity index (χ1n) is 30.6. The Balaban J connectivity index is 0.000000164. The molecule has 20 nitrogen and oxygen atoms in total. The second-order valence-electron chi connectivity index (χ2n) is 23.9. The zero-order valence-electron chi connectivity index (χ0n) is 53.6. The van der Waals surface area contributed by atoms with Crippen LogP contribution in [0.5, 0.6) is 0 Å². The van der Waals surface area contributed by atoms with E-state index in [4.69, 9.17) is 18.0 Å². The number of aromatic nitrogens is 3. The van der Waals surface area contributed by atoms with Gasteiger partial charge in [0.25, 0.3) is 0 Å². The molecule has 0 saturated carbocycles. The van der Waals surface area contributed by atoms with Gasteiger partial charge in [0, 0.05) is 160 Å². The summed E-state index contributed by atoms with van der Waals surface area (Å²) in [6.45, 7) is 19.4. The lowest BCUT2D eigenvalue weighted by Gasteiger charge is -2.26. The summed E-state index contributed by atoms with van der Waals surface area (Å²) in [6.07, 6.45) is 15.0. The van der Waals surface area contributed by atoms with Gasteiger partial charge in [-0.15, -0.1) is 12.4 Å². The van der Waals surface area contributed by atoms with E-state index in [2.05, 4.69) is 53.7 Å². The largest absolute Gasteiger partial charge is 0.459 e. The van der Waals surface area contributed by atoms with Gasteiger partial charge in [0.1, 0.15) is 57.1 Å². The molecule has 0 spiro atoms. The van der Waals surface area contributed by atoms with Crippen LogP contribution in [0.25, 0.3) is 51.1 Å². The number of nitrogens with zero attached hydrogens (tertiary/aromatic N) is 7. The summed E-state index contributed by atoms with van der Waals surface area (Å²) in [5.74, 6) is 4.65. The molecule has 0 radical (unpaired) electrons. The van der Waals surface area contributed by atoms with Gasteiger partial charge < -0.3 is 64.2 Å². The van der Waals surface area contributed by atoms with Gasteiger partial charge in [-0.05, 0) is 113 Å². The number of carbonyl (C=O) groups excluding carboxylic acids is 4. The fraction of sp³-hybridized carbons (Fsp3) is 0.310. The number of pyridine rings is 3. The van der Waals surface area contributed by atoms with Crippen molar-refractivity contribution in [2.45, 2.75) is 86.4 Å². The van der Waals surface area contributed by atoms with Crippen molar-refractivity contribution < 1.29 is 37.2 Å². The van der Waals surface area contributed by atoms with Crippen LogP contribution in [0.4, 0.5) is 22.2 Å². The average Bonchev–Trinajstić information content (AvgIpc) is 1.85. The Morgan fingerprint density at radius 1 is 0.522 bits per heavy atom. The van der Waals surface area contributed by atoms with Crippen LogP contribution in [0, 0.1) is 20.8 Å². The maximum atomic E-state index is 12.8. The number of hydrogen-bond donors (Lipinski definition) is 5. The Kier molecular flexibility index (Phi) is 22.0. The van der Waals surface area contributed by atoms with E-state index >= 15 is 0 Å². The lowest BCUT2D eigenvalue weighted by molar-refractivity contribution is -0.126. The van der Waals surface area contributed by atoms with Gasteiger partial charge >= 0.3 is 6.09 Å². The number of para-hydroxylation sites is 3. The molecule has 5 N–H and O–H groups in total. The summed E-state index contributed by atoms with van der Waals surface area (Å²) in [4.78, 5) is 70.4. The molecule has 92 heavy (non-hydrogen) atoms. The van der Waals surface area contributed by atoms with E-state index in [0.717, 1.165) is 157 Å². The van der Waals surface area contributed by atoms with E-state index in [-0.39, 0.29) is 36.2 Å². The number of ether oxygens (including phenoxy) is 1. The topological polar surface area (TPSA) is 229 Å². The van der Waals surface area contributed by atoms with Crippen molar-refractivity contribution in [3.05, 3.63) is 195 Å². The SMILES string of the molecule is Cc1c(CN(C)C(=O)/C=C/c2cnc3c(c2)CN(C(=O)OC(C)(C)C)CCN3)oc2ccccc12.Cc1c(CN(C)C(=O)/C=C/c2cnc3c(c2)CNCCN3)oc2ccccc12.Cc1c(CN(C)C(=O)/C=C/c2cnc3c(c2)CNCCN3)oc2ccccc12.Cl. The predicted octanol–water partition coefficient (Wildman–Crippen LogP) is 12.0. The number of halogens is 1. The standard InChI is InChI=1S/C27H32N4O4.2C22H24N4O2.ClH/c1-18-21-8-6-7-9-22(21)34-23(18)17-30(5)24(32)11-10-19-14-20-16-31(26(33)35-27(2,3)4)13-12-28-25(20)29-15-19;2*1-15-18-5-3-4-6-19(18)28-20(15)14-26(2)21(27)8-7-16-11-17-13-23-9-10-24-22(17)25-12-16;/h6-11,14-15H,12-13,16-17H2,1-5H3,(H,28,29);2*3-8,11-12,23H,9-10,13-14H2,1-2H3,(H,24,25);1H/b11-10+;2*8-7+;. The summed E-state index contributed by atoms with van der Waals surface area (Å²) in [5.41, 5.74) is 10.8. The number of carbonyl (C=O) groups is 4. The summed E-state index contributed by atoms with van der Waals surface area (Å²) in [6, 6.07) is 29.8. The summed E-state index contributed by atoms with van der Waals surface area (Å²) in [7, 11) is 5.31. The molecule has 9 aromatic rings. The van der Waals surface area contributed by atoms with Gasteiger partial charge in [0.15, 0.2) is 0 Å². The minimum absolute atomic E-state index is 0. The Morgan fingerprint density at radius 3 is 1.24 bits per heavy atom. The number of benzene rings is 3. The van der Waals surface area contributed by atoms with E-state index in [0.29, 0.717) is 39.3 Å². The molecule has 0 unspecified atom stereocenters. The molecule has 3 aliphatic rings. The number of rotatable bonds is 12. The molecule has 0 bridgehead atoms. The van der Waals surface area contributed by atoms with Crippen LogP contribution in [0.1, 0.15) is 88.1 Å². The zero-order chi connectivity index (χ0) is 64.2. The zero-order valence-corrected chi connectivity index (χ0v) is 54.5. The van der Waals surface area contributed by atoms with Crippen LogP contribution in [0.3, 0.4) is 0 Å². The molecule has 6 aromatic heterocycles. The molecule has 0 saturated heterocycles. The highest BCUT2D eigenvalue weighted by atomic mass is 35.5. The normalized spacial score (nSPS) is 13.8. The summed E-state index contributed by atoms with van der Waals surface area (Å²) >= 11 is 0. The average molecular weight is 1270 g/mol. The van der Waals surface area contributed by atoms with Gasteiger partial charge in [0.05, 0.1) is 26.2 Å². The Bertz CT molecular complexity index is 4030. The van der Waals surface area contributed by atoms with Gasteiger partial charge in [-0.2, -0.15) is 0 Å². The molecular weight excluding hydrogens is 1180 g/mol. The van der Waals surface area contributed by atoms with Crippen molar-refractivity contribution in [1.29, 1.82) is 0 Å². The number of nitrogens with one attached hydrogen (secondary N) is 5. The summed E-state index contributed by atoms with van der Waals surface area (Å²) in [5, 5.41) is 19.8. The monoisotopic (exact) mass is 1260 g/mol. The molecule has 4 amide bonds. The van der Waals surface area contributed by atoms with Crippen LogP contribution >= 0.6 is 12.4 Å². The van der Waals surface area contributed by atoms with E-state index in [1.54, 1.807) is 77.6 Å². The van der Waals surface area contributed by atoms with Crippen molar-refractivity contribution in [3.63, 3.8) is 0 Å². The summed E-state index contributed by atoms with van der Waals surface area (Å²) < 4.78 is 23.3. The third-order valence-electron chi connectivity index (χ3n) is 15.8. The molecule has 0 aliphatic carbocycles. The maximum Gasteiger partial charge on any atom is 0.410 e. The van der Waals surface area contributed by atoms with Crippen LogP contribution in [0.2, 0.25) is 0 Å². The fourth-order valence-electron chi connectivity index (χ4n) is 10.7. The Labute approximate surface area is 542 Å². The highest BCUT2D eigenvalue weighted by molar-refractivity contribution is 5.93. The third-order valence-corrected chi connectivity index (χ3v) is 15.8. The van der Waals surface area contributed by atoms with E-state index in [9.17, 15) is 19.2 Å². The minimum atomic E-state index is -0.560. The van der Waals surface area contributed by atoms with Crippen LogP contribution in [-0.2, 0) is 58.4 Å². The van der Waals surface area contributed by atoms with Crippen LogP contribution in [0.15, 0.2) is 141 Å². The molecule has 3 aromatic carbocycles. The lowest BCUT2D eigenvalue weighted by atomic mass is 10.1. The Hall–Kier alpha value is -9.76. The first-order chi connectivity index (χ1) is 43.8. The number of furan rings is 3. The smallest absolute Gasteiger partial charge is 0.410 e. The highest BCUT2D eigenvalue weighted by Gasteiger charge is 2.26. The van der Waals surface area contributed by atoms with Crippen LogP contribution < -0.4 is 26.6 Å². The molecule has 12 rings (SSSR count). The van der Waals surface area contributed by atoms with E-state index < -0.39 is 5.60 Å². The third kappa shape index (κ3) is 17.0. The lowest BCUT2D eigenvalue weighted by Crippen LogP contribution is -2.37. The molecule has 0 atom stereocenters. The number of likely N-dealkylation sites (N-methyl/N-ethyl adjacent to an activating group) is 3. The first kappa shape index (κ1) is 66.7. The first-order valence-corrected chi connectivity index (χ1v) is 30.6. The fourth-order valence-corrected chi connectivity index (χ4v) is 10.7. The highest BCUT2D eigenvalue weighted by Crippen LogP contribution is 2.30. The number of amides is 4. The van der Waals surface area contributed by atoms with Crippen LogP contribution in [-0.4, -0.2) is 124 Å². The van der Waals surface area contributed by atoms with Gasteiger partial charge in [-0.25, -0.2) is 19.7 Å². The van der Waals surface area contributed by atoms with Crippen molar-refractivity contribution >= 4 is 105 Å². The molecule has 9 heterocycles. The second kappa shape index (κ2) is 30.4.